The van der Waals surface area contributed by atoms with E-state index in [-0.39, 0.29) is 6.54 Å². The minimum absolute atomic E-state index is 0.204. The fraction of sp³-hybridized carbons (Fsp3) is 0.786. The fourth-order valence-corrected chi connectivity index (χ4v) is 2.17. The van der Waals surface area contributed by atoms with Crippen LogP contribution >= 0.6 is 0 Å². The zero-order valence-corrected chi connectivity index (χ0v) is 13.9. The summed E-state index contributed by atoms with van der Waals surface area (Å²) in [5, 5.41) is 8.91. The maximum atomic E-state index is 12.1. The van der Waals surface area contributed by atoms with Crippen molar-refractivity contribution in [3.8, 4) is 0 Å². The number of primary amides is 1. The molecule has 0 saturated carbocycles. The zero-order valence-electron chi connectivity index (χ0n) is 13.9. The van der Waals surface area contributed by atoms with Gasteiger partial charge in [0.2, 0.25) is 5.91 Å². The molecule has 0 spiro atoms. The third kappa shape index (κ3) is 7.18. The summed E-state index contributed by atoms with van der Waals surface area (Å²) in [5.74, 6) is -0.605. The molecular weight excluding hydrogens is 304 g/mol. The van der Waals surface area contributed by atoms with E-state index in [0.29, 0.717) is 39.3 Å². The number of rotatable bonds is 5. The van der Waals surface area contributed by atoms with Crippen LogP contribution in [0.5, 0.6) is 0 Å². The van der Waals surface area contributed by atoms with Crippen LogP contribution in [0.4, 0.5) is 9.59 Å². The number of nitrogens with two attached hydrogens (primary N) is 1. The highest BCUT2D eigenvalue weighted by Crippen LogP contribution is 2.10. The van der Waals surface area contributed by atoms with Gasteiger partial charge in [-0.1, -0.05) is 0 Å². The maximum absolute atomic E-state index is 12.1. The molecule has 132 valence electrons. The van der Waals surface area contributed by atoms with Crippen LogP contribution in [-0.2, 0) is 9.53 Å². The topological polar surface area (TPSA) is 116 Å². The van der Waals surface area contributed by atoms with Crippen molar-refractivity contribution in [3.05, 3.63) is 0 Å². The number of carbonyl (C=O) groups excluding carboxylic acids is 2. The molecule has 1 aliphatic heterocycles. The minimum Gasteiger partial charge on any atom is -0.465 e. The SMILES string of the molecule is CC(C)(C)OC(=O)N(CCN1CCN(C(=O)O)CC1)CC(N)=O. The lowest BCUT2D eigenvalue weighted by molar-refractivity contribution is -0.119. The Labute approximate surface area is 135 Å². The van der Waals surface area contributed by atoms with E-state index < -0.39 is 23.7 Å². The van der Waals surface area contributed by atoms with Gasteiger partial charge in [-0.2, -0.15) is 0 Å². The summed E-state index contributed by atoms with van der Waals surface area (Å²) < 4.78 is 5.26. The minimum atomic E-state index is -0.922. The van der Waals surface area contributed by atoms with E-state index in [0.717, 1.165) is 0 Å². The predicted molar refractivity (Wildman–Crippen MR) is 83.0 cm³/mol. The van der Waals surface area contributed by atoms with E-state index >= 15 is 0 Å². The van der Waals surface area contributed by atoms with Crippen molar-refractivity contribution in [2.45, 2.75) is 26.4 Å². The highest BCUT2D eigenvalue weighted by Gasteiger charge is 2.25. The van der Waals surface area contributed by atoms with Crippen LogP contribution in [-0.4, -0.2) is 89.3 Å². The Bertz CT molecular complexity index is 441. The molecule has 0 aromatic heterocycles. The van der Waals surface area contributed by atoms with Crippen LogP contribution in [0.1, 0.15) is 20.8 Å². The normalized spacial score (nSPS) is 16.0. The summed E-state index contributed by atoms with van der Waals surface area (Å²) in [6, 6.07) is 0. The number of carboxylic acid groups (broad SMARTS) is 1. The third-order valence-corrected chi connectivity index (χ3v) is 3.33. The molecule has 1 saturated heterocycles. The van der Waals surface area contributed by atoms with Gasteiger partial charge in [0.1, 0.15) is 12.1 Å². The molecule has 0 aromatic carbocycles. The molecule has 3 amide bonds. The van der Waals surface area contributed by atoms with Crippen LogP contribution in [0.2, 0.25) is 0 Å². The van der Waals surface area contributed by atoms with Crippen LogP contribution in [0.25, 0.3) is 0 Å². The second-order valence-corrected chi connectivity index (χ2v) is 6.48. The van der Waals surface area contributed by atoms with E-state index in [1.807, 2.05) is 4.90 Å². The summed E-state index contributed by atoms with van der Waals surface area (Å²) in [6.07, 6.45) is -1.51. The van der Waals surface area contributed by atoms with E-state index in [4.69, 9.17) is 15.6 Å². The van der Waals surface area contributed by atoms with Gasteiger partial charge in [0.05, 0.1) is 0 Å². The summed E-state index contributed by atoms with van der Waals surface area (Å²) in [7, 11) is 0. The van der Waals surface area contributed by atoms with E-state index in [1.165, 1.54) is 9.80 Å². The Kier molecular flexibility index (Phi) is 6.62. The summed E-state index contributed by atoms with van der Waals surface area (Å²) >= 11 is 0. The first-order valence-corrected chi connectivity index (χ1v) is 7.55. The van der Waals surface area contributed by atoms with Gasteiger partial charge in [-0.3, -0.25) is 14.6 Å². The standard InChI is InChI=1S/C14H26N4O5/c1-14(2,3)23-13(22)18(10-11(15)19)9-6-16-4-7-17(8-5-16)12(20)21/h4-10H2,1-3H3,(H2,15,19)(H,20,21). The molecular formula is C14H26N4O5. The number of hydrogen-bond donors (Lipinski definition) is 2. The van der Waals surface area contributed by atoms with Crippen molar-refractivity contribution in [2.24, 2.45) is 5.73 Å². The van der Waals surface area contributed by atoms with Gasteiger partial charge in [0.15, 0.2) is 0 Å². The second kappa shape index (κ2) is 8.00. The van der Waals surface area contributed by atoms with Gasteiger partial charge < -0.3 is 20.5 Å². The molecule has 0 aromatic rings. The molecule has 1 fully saturated rings. The number of carbonyl (C=O) groups is 3. The van der Waals surface area contributed by atoms with Crippen molar-refractivity contribution in [1.82, 2.24) is 14.7 Å². The molecule has 0 radical (unpaired) electrons. The molecule has 3 N–H and O–H groups in total. The smallest absolute Gasteiger partial charge is 0.410 e. The average Bonchev–Trinajstić information content (AvgIpc) is 2.41. The van der Waals surface area contributed by atoms with Gasteiger partial charge in [-0.25, -0.2) is 9.59 Å². The Balaban J connectivity index is 2.50. The number of amides is 3. The number of ether oxygens (including phenoxy) is 1. The van der Waals surface area contributed by atoms with Gasteiger partial charge in [0, 0.05) is 39.3 Å². The zero-order chi connectivity index (χ0) is 17.6. The molecule has 1 rings (SSSR count). The molecule has 0 bridgehead atoms. The molecule has 9 nitrogen and oxygen atoms in total. The monoisotopic (exact) mass is 330 g/mol. The lowest BCUT2D eigenvalue weighted by atomic mass is 10.2. The molecule has 0 aliphatic carbocycles. The van der Waals surface area contributed by atoms with Gasteiger partial charge in [-0.05, 0) is 20.8 Å². The Morgan fingerprint density at radius 1 is 1.17 bits per heavy atom. The highest BCUT2D eigenvalue weighted by molar-refractivity contribution is 5.80. The van der Waals surface area contributed by atoms with Crippen LogP contribution < -0.4 is 5.73 Å². The van der Waals surface area contributed by atoms with Crippen molar-refractivity contribution in [1.29, 1.82) is 0 Å². The van der Waals surface area contributed by atoms with Crippen LogP contribution in [0.15, 0.2) is 0 Å². The van der Waals surface area contributed by atoms with Gasteiger partial charge in [0.25, 0.3) is 0 Å². The van der Waals surface area contributed by atoms with E-state index in [1.54, 1.807) is 20.8 Å². The van der Waals surface area contributed by atoms with Crippen molar-refractivity contribution in [3.63, 3.8) is 0 Å². The number of hydrogen-bond acceptors (Lipinski definition) is 5. The number of piperazine rings is 1. The first kappa shape index (κ1) is 19.0. The molecule has 23 heavy (non-hydrogen) atoms. The second-order valence-electron chi connectivity index (χ2n) is 6.48. The first-order chi connectivity index (χ1) is 10.6. The maximum Gasteiger partial charge on any atom is 0.410 e. The Morgan fingerprint density at radius 3 is 2.17 bits per heavy atom. The average molecular weight is 330 g/mol. The van der Waals surface area contributed by atoms with Gasteiger partial charge >= 0.3 is 12.2 Å². The largest absolute Gasteiger partial charge is 0.465 e. The summed E-state index contributed by atoms with van der Waals surface area (Å²) in [4.78, 5) is 38.8. The van der Waals surface area contributed by atoms with E-state index in [2.05, 4.69) is 0 Å². The predicted octanol–water partition coefficient (Wildman–Crippen LogP) is 0.00440. The number of nitrogens with zero attached hydrogens (tertiary/aromatic N) is 3. The Morgan fingerprint density at radius 2 is 1.74 bits per heavy atom. The first-order valence-electron chi connectivity index (χ1n) is 7.55. The van der Waals surface area contributed by atoms with Crippen molar-refractivity contribution < 1.29 is 24.2 Å². The quantitative estimate of drug-likeness (QED) is 0.733. The lowest BCUT2D eigenvalue weighted by Gasteiger charge is -2.34. The van der Waals surface area contributed by atoms with Crippen LogP contribution in [0, 0.1) is 0 Å². The highest BCUT2D eigenvalue weighted by atomic mass is 16.6. The van der Waals surface area contributed by atoms with Crippen molar-refractivity contribution in [2.75, 3.05) is 45.8 Å². The fourth-order valence-electron chi connectivity index (χ4n) is 2.17. The van der Waals surface area contributed by atoms with Gasteiger partial charge in [-0.15, -0.1) is 0 Å². The molecule has 0 unspecified atom stereocenters. The summed E-state index contributed by atoms with van der Waals surface area (Å²) in [6.45, 7) is 7.90. The Hall–Kier alpha value is -2.03. The summed E-state index contributed by atoms with van der Waals surface area (Å²) in [5.41, 5.74) is 4.53. The van der Waals surface area contributed by atoms with Crippen LogP contribution in [0.3, 0.4) is 0 Å². The molecule has 1 aliphatic rings. The lowest BCUT2D eigenvalue weighted by Crippen LogP contribution is -2.51. The van der Waals surface area contributed by atoms with Crippen molar-refractivity contribution >= 4 is 18.1 Å². The van der Waals surface area contributed by atoms with E-state index in [9.17, 15) is 14.4 Å². The molecule has 1 heterocycles. The molecule has 9 heteroatoms. The third-order valence-electron chi connectivity index (χ3n) is 3.33. The molecule has 0 atom stereocenters.